The van der Waals surface area contributed by atoms with Crippen LogP contribution in [0, 0.1) is 0 Å². The Morgan fingerprint density at radius 3 is 2.88 bits per heavy atom. The van der Waals surface area contributed by atoms with Gasteiger partial charge in [-0.15, -0.1) is 0 Å². The maximum absolute atomic E-state index is 11.2. The van der Waals surface area contributed by atoms with Gasteiger partial charge in [0.25, 0.3) is 0 Å². The normalized spacial score (nSPS) is 9.82. The molecule has 1 aromatic carbocycles. The van der Waals surface area contributed by atoms with Gasteiger partial charge in [0.2, 0.25) is 0 Å². The maximum atomic E-state index is 11.2. The minimum atomic E-state index is -0.200. The van der Waals surface area contributed by atoms with E-state index in [-0.39, 0.29) is 5.97 Å². The van der Waals surface area contributed by atoms with E-state index in [1.165, 1.54) is 0 Å². The van der Waals surface area contributed by atoms with Gasteiger partial charge < -0.3 is 14.8 Å². The highest BCUT2D eigenvalue weighted by Crippen LogP contribution is 2.27. The number of ether oxygens (including phenoxy) is 2. The van der Waals surface area contributed by atoms with Crippen LogP contribution in [-0.2, 0) is 9.53 Å². The van der Waals surface area contributed by atoms with Gasteiger partial charge in [0.05, 0.1) is 25.8 Å². The van der Waals surface area contributed by atoms with E-state index < -0.39 is 0 Å². The summed E-state index contributed by atoms with van der Waals surface area (Å²) in [5.41, 5.74) is 0.853. The summed E-state index contributed by atoms with van der Waals surface area (Å²) in [5.74, 6) is 0.547. The standard InChI is InChI=1S/C12H16BrNO3/c1-3-17-12(15)6-7-14-10-8-9(13)4-5-11(10)16-2/h4-5,8,14H,3,6-7H2,1-2H3. The zero-order chi connectivity index (χ0) is 12.7. The minimum Gasteiger partial charge on any atom is -0.495 e. The van der Waals surface area contributed by atoms with E-state index in [1.54, 1.807) is 14.0 Å². The van der Waals surface area contributed by atoms with E-state index in [0.29, 0.717) is 19.6 Å². The first-order valence-electron chi connectivity index (χ1n) is 5.40. The number of hydrogen-bond acceptors (Lipinski definition) is 4. The molecule has 94 valence electrons. The number of anilines is 1. The Hall–Kier alpha value is -1.23. The van der Waals surface area contributed by atoms with Gasteiger partial charge >= 0.3 is 5.97 Å². The van der Waals surface area contributed by atoms with Crippen molar-refractivity contribution in [1.29, 1.82) is 0 Å². The van der Waals surface area contributed by atoms with Crippen LogP contribution >= 0.6 is 15.9 Å². The van der Waals surface area contributed by atoms with Gasteiger partial charge in [-0.2, -0.15) is 0 Å². The summed E-state index contributed by atoms with van der Waals surface area (Å²) in [6.07, 6.45) is 0.337. The fraction of sp³-hybridized carbons (Fsp3) is 0.417. The molecule has 17 heavy (non-hydrogen) atoms. The molecule has 0 fully saturated rings. The molecule has 0 spiro atoms. The number of esters is 1. The van der Waals surface area contributed by atoms with Crippen LogP contribution in [0.4, 0.5) is 5.69 Å². The Morgan fingerprint density at radius 1 is 1.47 bits per heavy atom. The molecule has 1 aromatic rings. The van der Waals surface area contributed by atoms with Gasteiger partial charge in [-0.25, -0.2) is 0 Å². The lowest BCUT2D eigenvalue weighted by Crippen LogP contribution is -2.11. The van der Waals surface area contributed by atoms with Crippen LogP contribution in [-0.4, -0.2) is 26.2 Å². The lowest BCUT2D eigenvalue weighted by atomic mass is 10.3. The van der Waals surface area contributed by atoms with Crippen LogP contribution < -0.4 is 10.1 Å². The first-order chi connectivity index (χ1) is 8.17. The lowest BCUT2D eigenvalue weighted by molar-refractivity contribution is -0.142. The summed E-state index contributed by atoms with van der Waals surface area (Å²) >= 11 is 3.38. The fourth-order valence-corrected chi connectivity index (χ4v) is 1.71. The molecule has 0 aliphatic rings. The molecule has 0 atom stereocenters. The Labute approximate surface area is 109 Å². The first-order valence-corrected chi connectivity index (χ1v) is 6.19. The van der Waals surface area contributed by atoms with Crippen LogP contribution in [0.25, 0.3) is 0 Å². The molecule has 0 bridgehead atoms. The lowest BCUT2D eigenvalue weighted by Gasteiger charge is -2.11. The average Bonchev–Trinajstić information content (AvgIpc) is 2.30. The summed E-state index contributed by atoms with van der Waals surface area (Å²) in [7, 11) is 1.61. The number of methoxy groups -OCH3 is 1. The SMILES string of the molecule is CCOC(=O)CCNc1cc(Br)ccc1OC. The third kappa shape index (κ3) is 4.65. The van der Waals surface area contributed by atoms with Crippen LogP contribution in [0.2, 0.25) is 0 Å². The van der Waals surface area contributed by atoms with E-state index in [1.807, 2.05) is 18.2 Å². The van der Waals surface area contributed by atoms with E-state index in [2.05, 4.69) is 21.2 Å². The zero-order valence-electron chi connectivity index (χ0n) is 9.96. The highest BCUT2D eigenvalue weighted by atomic mass is 79.9. The molecule has 5 heteroatoms. The van der Waals surface area contributed by atoms with Gasteiger partial charge in [0.1, 0.15) is 5.75 Å². The van der Waals surface area contributed by atoms with Crippen molar-refractivity contribution in [2.45, 2.75) is 13.3 Å². The van der Waals surface area contributed by atoms with Gasteiger partial charge in [0, 0.05) is 11.0 Å². The second kappa shape index (κ2) is 7.17. The quantitative estimate of drug-likeness (QED) is 0.821. The van der Waals surface area contributed by atoms with Gasteiger partial charge in [0.15, 0.2) is 0 Å². The summed E-state index contributed by atoms with van der Waals surface area (Å²) in [5, 5.41) is 3.14. The van der Waals surface area contributed by atoms with E-state index >= 15 is 0 Å². The van der Waals surface area contributed by atoms with Crippen molar-refractivity contribution in [3.8, 4) is 5.75 Å². The molecular weight excluding hydrogens is 286 g/mol. The van der Waals surface area contributed by atoms with Crippen molar-refractivity contribution in [2.24, 2.45) is 0 Å². The van der Waals surface area contributed by atoms with Crippen molar-refractivity contribution in [1.82, 2.24) is 0 Å². The van der Waals surface area contributed by atoms with Gasteiger partial charge in [-0.05, 0) is 25.1 Å². The van der Waals surface area contributed by atoms with Crippen molar-refractivity contribution < 1.29 is 14.3 Å². The van der Waals surface area contributed by atoms with Gasteiger partial charge in [-0.1, -0.05) is 15.9 Å². The summed E-state index contributed by atoms with van der Waals surface area (Å²) in [4.78, 5) is 11.2. The Bertz CT molecular complexity index is 382. The van der Waals surface area contributed by atoms with Gasteiger partial charge in [-0.3, -0.25) is 4.79 Å². The Balaban J connectivity index is 2.50. The number of halogens is 1. The second-order valence-electron chi connectivity index (χ2n) is 3.33. The topological polar surface area (TPSA) is 47.6 Å². The molecule has 0 amide bonds. The monoisotopic (exact) mass is 301 g/mol. The molecule has 4 nitrogen and oxygen atoms in total. The van der Waals surface area contributed by atoms with Crippen molar-refractivity contribution in [3.63, 3.8) is 0 Å². The summed E-state index contributed by atoms with van der Waals surface area (Å²) in [6.45, 7) is 2.73. The molecular formula is C12H16BrNO3. The second-order valence-corrected chi connectivity index (χ2v) is 4.24. The van der Waals surface area contributed by atoms with Crippen LogP contribution in [0.15, 0.2) is 22.7 Å². The maximum Gasteiger partial charge on any atom is 0.307 e. The molecule has 0 heterocycles. The van der Waals surface area contributed by atoms with Crippen molar-refractivity contribution in [2.75, 3.05) is 25.6 Å². The number of rotatable bonds is 6. The van der Waals surface area contributed by atoms with Crippen molar-refractivity contribution >= 4 is 27.6 Å². The fourth-order valence-electron chi connectivity index (χ4n) is 1.35. The Morgan fingerprint density at radius 2 is 2.24 bits per heavy atom. The van der Waals surface area contributed by atoms with Crippen LogP contribution in [0.3, 0.4) is 0 Å². The van der Waals surface area contributed by atoms with Crippen LogP contribution in [0.1, 0.15) is 13.3 Å². The smallest absolute Gasteiger partial charge is 0.307 e. The molecule has 0 unspecified atom stereocenters. The molecule has 0 aliphatic carbocycles. The van der Waals surface area contributed by atoms with E-state index in [0.717, 1.165) is 15.9 Å². The largest absolute Gasteiger partial charge is 0.495 e. The van der Waals surface area contributed by atoms with E-state index in [9.17, 15) is 4.79 Å². The number of carbonyl (C=O) groups is 1. The number of nitrogens with one attached hydrogen (secondary N) is 1. The molecule has 0 saturated carbocycles. The van der Waals surface area contributed by atoms with E-state index in [4.69, 9.17) is 9.47 Å². The minimum absolute atomic E-state index is 0.200. The number of hydrogen-bond donors (Lipinski definition) is 1. The zero-order valence-corrected chi connectivity index (χ0v) is 11.5. The molecule has 0 aliphatic heterocycles. The molecule has 0 aromatic heterocycles. The van der Waals surface area contributed by atoms with Crippen molar-refractivity contribution in [3.05, 3.63) is 22.7 Å². The first kappa shape index (κ1) is 13.8. The number of carbonyl (C=O) groups excluding carboxylic acids is 1. The average molecular weight is 302 g/mol. The molecule has 1 rings (SSSR count). The predicted octanol–water partition coefficient (Wildman–Crippen LogP) is 2.82. The third-order valence-electron chi connectivity index (χ3n) is 2.11. The number of benzene rings is 1. The predicted molar refractivity (Wildman–Crippen MR) is 70.4 cm³/mol. The Kier molecular flexibility index (Phi) is 5.83. The molecule has 1 N–H and O–H groups in total. The summed E-state index contributed by atoms with van der Waals surface area (Å²) < 4.78 is 11.0. The third-order valence-corrected chi connectivity index (χ3v) is 2.60. The van der Waals surface area contributed by atoms with Crippen LogP contribution in [0.5, 0.6) is 5.75 Å². The molecule has 0 radical (unpaired) electrons. The molecule has 0 saturated heterocycles. The summed E-state index contributed by atoms with van der Waals surface area (Å²) in [6, 6.07) is 5.66. The highest BCUT2D eigenvalue weighted by Gasteiger charge is 2.05. The highest BCUT2D eigenvalue weighted by molar-refractivity contribution is 9.10.